The number of benzene rings is 2. The Bertz CT molecular complexity index is 808. The van der Waals surface area contributed by atoms with Gasteiger partial charge in [0.1, 0.15) is 6.04 Å². The number of methoxy groups -OCH3 is 1. The molecule has 0 aromatic heterocycles. The van der Waals surface area contributed by atoms with Crippen molar-refractivity contribution in [3.05, 3.63) is 64.7 Å². The van der Waals surface area contributed by atoms with E-state index in [0.29, 0.717) is 24.7 Å². The molecule has 1 aliphatic rings. The molecule has 1 amide bonds. The number of ether oxygens (including phenoxy) is 1. The predicted molar refractivity (Wildman–Crippen MR) is 105 cm³/mol. The number of nitrogens with zero attached hydrogens (tertiary/aromatic N) is 2. The quantitative estimate of drug-likeness (QED) is 0.794. The van der Waals surface area contributed by atoms with Crippen LogP contribution in [0, 0.1) is 0 Å². The Hall–Kier alpha value is -2.21. The second-order valence-corrected chi connectivity index (χ2v) is 6.55. The van der Waals surface area contributed by atoms with E-state index in [2.05, 4.69) is 5.32 Å². The summed E-state index contributed by atoms with van der Waals surface area (Å²) >= 11 is 6.24. The molecule has 1 atom stereocenters. The van der Waals surface area contributed by atoms with Gasteiger partial charge >= 0.3 is 0 Å². The van der Waals surface area contributed by atoms with Crippen molar-refractivity contribution in [1.29, 1.82) is 0 Å². The largest absolute Gasteiger partial charge is 0.383 e. The number of nitrogens with one attached hydrogen (secondary N) is 1. The van der Waals surface area contributed by atoms with Crippen LogP contribution in [0.4, 0.5) is 5.69 Å². The van der Waals surface area contributed by atoms with E-state index in [1.807, 2.05) is 42.5 Å². The first-order valence-electron chi connectivity index (χ1n) is 8.52. The zero-order chi connectivity index (χ0) is 18.5. The molecule has 0 spiro atoms. The van der Waals surface area contributed by atoms with Crippen molar-refractivity contribution >= 4 is 28.9 Å². The Morgan fingerprint density at radius 2 is 2.00 bits per heavy atom. The number of carbonyl (C=O) groups excluding carboxylic acids is 1. The van der Waals surface area contributed by atoms with E-state index >= 15 is 0 Å². The minimum absolute atomic E-state index is 0.0515. The molecule has 0 radical (unpaired) electrons. The van der Waals surface area contributed by atoms with Crippen LogP contribution in [0.2, 0.25) is 5.02 Å². The normalized spacial score (nSPS) is 16.9. The molecule has 0 fully saturated rings. The fourth-order valence-electron chi connectivity index (χ4n) is 2.99. The van der Waals surface area contributed by atoms with Gasteiger partial charge in [-0.1, -0.05) is 41.9 Å². The molecule has 1 unspecified atom stereocenters. The lowest BCUT2D eigenvalue weighted by Gasteiger charge is -2.20. The van der Waals surface area contributed by atoms with E-state index in [1.165, 1.54) is 0 Å². The molecular formula is C20H22ClN3O2. The summed E-state index contributed by atoms with van der Waals surface area (Å²) in [5, 5.41) is 3.85. The molecule has 2 aromatic rings. The van der Waals surface area contributed by atoms with Gasteiger partial charge in [-0.15, -0.1) is 0 Å². The number of amides is 1. The van der Waals surface area contributed by atoms with Gasteiger partial charge < -0.3 is 15.0 Å². The van der Waals surface area contributed by atoms with Crippen LogP contribution >= 0.6 is 11.6 Å². The fraction of sp³-hybridized carbons (Fsp3) is 0.300. The third-order valence-corrected chi connectivity index (χ3v) is 4.58. The van der Waals surface area contributed by atoms with Crippen LogP contribution in [-0.2, 0) is 9.53 Å². The standard InChI is InChI=1S/C20H22ClN3O2/c1-24-18-9-8-15(21)12-16(18)19(14-6-4-3-5-7-14)23-17(20(24)25)13-22-10-11-26-2/h3-9,12,17,22H,10-11,13H2,1-2H3. The van der Waals surface area contributed by atoms with E-state index < -0.39 is 6.04 Å². The van der Waals surface area contributed by atoms with E-state index in [9.17, 15) is 4.79 Å². The lowest BCUT2D eigenvalue weighted by Crippen LogP contribution is -2.41. The Labute approximate surface area is 158 Å². The zero-order valence-corrected chi connectivity index (χ0v) is 15.7. The minimum atomic E-state index is -0.516. The van der Waals surface area contributed by atoms with Crippen molar-refractivity contribution < 1.29 is 9.53 Å². The van der Waals surface area contributed by atoms with Gasteiger partial charge in [0.25, 0.3) is 5.91 Å². The Morgan fingerprint density at radius 3 is 2.73 bits per heavy atom. The summed E-state index contributed by atoms with van der Waals surface area (Å²) in [6.45, 7) is 1.70. The molecule has 5 nitrogen and oxygen atoms in total. The number of aliphatic imine (C=N–C) groups is 1. The van der Waals surface area contributed by atoms with Gasteiger partial charge in [0.2, 0.25) is 0 Å². The maximum atomic E-state index is 12.9. The van der Waals surface area contributed by atoms with Gasteiger partial charge in [-0.05, 0) is 18.2 Å². The van der Waals surface area contributed by atoms with Gasteiger partial charge in [0.05, 0.1) is 18.0 Å². The van der Waals surface area contributed by atoms with Crippen molar-refractivity contribution in [2.24, 2.45) is 4.99 Å². The SMILES string of the molecule is COCCNCC1N=C(c2ccccc2)c2cc(Cl)ccc2N(C)C1=O. The summed E-state index contributed by atoms with van der Waals surface area (Å²) in [6.07, 6.45) is 0. The van der Waals surface area contributed by atoms with E-state index in [1.54, 1.807) is 25.1 Å². The van der Waals surface area contributed by atoms with Crippen LogP contribution in [0.3, 0.4) is 0 Å². The molecule has 6 heteroatoms. The summed E-state index contributed by atoms with van der Waals surface area (Å²) in [5.41, 5.74) is 3.40. The highest BCUT2D eigenvalue weighted by atomic mass is 35.5. The van der Waals surface area contributed by atoms with Crippen molar-refractivity contribution in [3.63, 3.8) is 0 Å². The first-order valence-corrected chi connectivity index (χ1v) is 8.90. The van der Waals surface area contributed by atoms with E-state index in [0.717, 1.165) is 22.5 Å². The van der Waals surface area contributed by atoms with Crippen molar-refractivity contribution in [3.8, 4) is 0 Å². The molecule has 0 aliphatic carbocycles. The smallest absolute Gasteiger partial charge is 0.252 e. The molecule has 1 N–H and O–H groups in total. The van der Waals surface area contributed by atoms with Crippen LogP contribution in [0.5, 0.6) is 0 Å². The zero-order valence-electron chi connectivity index (χ0n) is 14.9. The maximum absolute atomic E-state index is 12.9. The van der Waals surface area contributed by atoms with Crippen LogP contribution in [0.15, 0.2) is 53.5 Å². The molecule has 26 heavy (non-hydrogen) atoms. The average molecular weight is 372 g/mol. The summed E-state index contributed by atoms with van der Waals surface area (Å²) in [6, 6.07) is 14.9. The lowest BCUT2D eigenvalue weighted by molar-refractivity contribution is -0.119. The Balaban J connectivity index is 2.04. The number of carbonyl (C=O) groups is 1. The number of fused-ring (bicyclic) bond motifs is 1. The molecule has 0 saturated heterocycles. The van der Waals surface area contributed by atoms with Crippen molar-refractivity contribution in [2.45, 2.75) is 6.04 Å². The predicted octanol–water partition coefficient (Wildman–Crippen LogP) is 2.76. The van der Waals surface area contributed by atoms with Gasteiger partial charge in [0, 0.05) is 43.4 Å². The second-order valence-electron chi connectivity index (χ2n) is 6.12. The summed E-state index contributed by atoms with van der Waals surface area (Å²) < 4.78 is 5.05. The highest BCUT2D eigenvalue weighted by molar-refractivity contribution is 6.32. The minimum Gasteiger partial charge on any atom is -0.383 e. The van der Waals surface area contributed by atoms with Crippen LogP contribution in [0.1, 0.15) is 11.1 Å². The van der Waals surface area contributed by atoms with Crippen molar-refractivity contribution in [1.82, 2.24) is 5.32 Å². The topological polar surface area (TPSA) is 53.9 Å². The Kier molecular flexibility index (Phi) is 6.04. The number of rotatable bonds is 6. The Morgan fingerprint density at radius 1 is 1.23 bits per heavy atom. The molecule has 2 aromatic carbocycles. The number of likely N-dealkylation sites (N-methyl/N-ethyl adjacent to an activating group) is 1. The third kappa shape index (κ3) is 3.96. The van der Waals surface area contributed by atoms with E-state index in [-0.39, 0.29) is 5.91 Å². The van der Waals surface area contributed by atoms with Gasteiger partial charge in [-0.25, -0.2) is 0 Å². The van der Waals surface area contributed by atoms with Gasteiger partial charge in [-0.2, -0.15) is 0 Å². The number of benzodiazepines with no additional fused rings is 1. The average Bonchev–Trinajstić information content (AvgIpc) is 2.76. The number of halogens is 1. The third-order valence-electron chi connectivity index (χ3n) is 4.34. The van der Waals surface area contributed by atoms with E-state index in [4.69, 9.17) is 21.3 Å². The number of anilines is 1. The van der Waals surface area contributed by atoms with Crippen LogP contribution < -0.4 is 10.2 Å². The highest BCUT2D eigenvalue weighted by Gasteiger charge is 2.29. The summed E-state index contributed by atoms with van der Waals surface area (Å²) in [4.78, 5) is 19.4. The number of hydrogen-bond acceptors (Lipinski definition) is 4. The van der Waals surface area contributed by atoms with Gasteiger partial charge in [0.15, 0.2) is 0 Å². The highest BCUT2D eigenvalue weighted by Crippen LogP contribution is 2.30. The maximum Gasteiger partial charge on any atom is 0.252 e. The van der Waals surface area contributed by atoms with Crippen LogP contribution in [-0.4, -0.2) is 51.5 Å². The molecule has 136 valence electrons. The van der Waals surface area contributed by atoms with Gasteiger partial charge in [-0.3, -0.25) is 9.79 Å². The molecular weight excluding hydrogens is 350 g/mol. The summed E-state index contributed by atoms with van der Waals surface area (Å²) in [5.74, 6) is -0.0515. The molecule has 0 bridgehead atoms. The first-order chi connectivity index (χ1) is 12.6. The van der Waals surface area contributed by atoms with Crippen LogP contribution in [0.25, 0.3) is 0 Å². The fourth-order valence-corrected chi connectivity index (χ4v) is 3.16. The monoisotopic (exact) mass is 371 g/mol. The molecule has 1 heterocycles. The number of hydrogen-bond donors (Lipinski definition) is 1. The molecule has 0 saturated carbocycles. The summed E-state index contributed by atoms with van der Waals surface area (Å²) in [7, 11) is 3.43. The lowest BCUT2D eigenvalue weighted by atomic mass is 10.0. The first kappa shape index (κ1) is 18.6. The van der Waals surface area contributed by atoms with Crippen molar-refractivity contribution in [2.75, 3.05) is 38.8 Å². The second kappa shape index (κ2) is 8.45. The molecule has 3 rings (SSSR count). The molecule has 1 aliphatic heterocycles.